The van der Waals surface area contributed by atoms with E-state index in [2.05, 4.69) is 35.3 Å². The van der Waals surface area contributed by atoms with Crippen molar-refractivity contribution in [2.24, 2.45) is 5.41 Å². The van der Waals surface area contributed by atoms with Gasteiger partial charge < -0.3 is 10.2 Å². The van der Waals surface area contributed by atoms with E-state index >= 15 is 0 Å². The molecule has 1 amide bonds. The number of nitrogens with one attached hydrogen (secondary N) is 1. The number of rotatable bonds is 2. The van der Waals surface area contributed by atoms with E-state index in [-0.39, 0.29) is 11.9 Å². The Kier molecular flexibility index (Phi) is 3.46. The van der Waals surface area contributed by atoms with Crippen molar-refractivity contribution in [1.82, 2.24) is 10.2 Å². The Labute approximate surface area is 132 Å². The third kappa shape index (κ3) is 2.34. The van der Waals surface area contributed by atoms with Crippen molar-refractivity contribution in [3.63, 3.8) is 0 Å². The fraction of sp³-hybridized carbons (Fsp3) is 0.611. The molecule has 2 fully saturated rings. The van der Waals surface area contributed by atoms with Crippen LogP contribution in [-0.4, -0.2) is 49.6 Å². The normalized spacial score (nSPS) is 31.1. The molecule has 2 unspecified atom stereocenters. The molecule has 3 aliphatic rings. The Bertz CT molecular complexity index is 579. The van der Waals surface area contributed by atoms with Crippen LogP contribution in [-0.2, 0) is 11.2 Å². The van der Waals surface area contributed by atoms with Gasteiger partial charge in [0.2, 0.25) is 5.91 Å². The quantitative estimate of drug-likeness (QED) is 0.902. The van der Waals surface area contributed by atoms with Crippen LogP contribution in [0.25, 0.3) is 0 Å². The number of hydrogen-bond donors (Lipinski definition) is 1. The summed E-state index contributed by atoms with van der Waals surface area (Å²) < 4.78 is 0. The molecular formula is C18H25N3O. The lowest BCUT2D eigenvalue weighted by atomic mass is 9.87. The SMILES string of the molecule is CC1Cc2ccccc2N1C(=O)CN1CCC2(CCNC2)C1. The van der Waals surface area contributed by atoms with Crippen molar-refractivity contribution in [3.05, 3.63) is 29.8 Å². The second-order valence-electron chi connectivity index (χ2n) is 7.33. The molecule has 22 heavy (non-hydrogen) atoms. The van der Waals surface area contributed by atoms with E-state index < -0.39 is 0 Å². The maximum Gasteiger partial charge on any atom is 0.241 e. The van der Waals surface area contributed by atoms with Gasteiger partial charge in [0.15, 0.2) is 0 Å². The van der Waals surface area contributed by atoms with E-state index in [4.69, 9.17) is 0 Å². The van der Waals surface area contributed by atoms with E-state index in [0.717, 1.165) is 38.3 Å². The Hall–Kier alpha value is -1.39. The molecule has 4 rings (SSSR count). The summed E-state index contributed by atoms with van der Waals surface area (Å²) in [6.45, 7) is 7.14. The first-order valence-corrected chi connectivity index (χ1v) is 8.50. The second-order valence-corrected chi connectivity index (χ2v) is 7.33. The third-order valence-electron chi connectivity index (χ3n) is 5.68. The van der Waals surface area contributed by atoms with Gasteiger partial charge in [0.1, 0.15) is 0 Å². The fourth-order valence-electron chi connectivity index (χ4n) is 4.52. The first-order chi connectivity index (χ1) is 10.7. The molecule has 2 saturated heterocycles. The van der Waals surface area contributed by atoms with Crippen molar-refractivity contribution in [2.75, 3.05) is 37.6 Å². The van der Waals surface area contributed by atoms with E-state index in [1.165, 1.54) is 18.4 Å². The number of benzene rings is 1. The standard InChI is InChI=1S/C18H25N3O/c1-14-10-15-4-2-3-5-16(15)21(14)17(22)11-20-9-7-18(13-20)6-8-19-12-18/h2-5,14,19H,6-13H2,1H3. The molecule has 2 atom stereocenters. The molecule has 0 aliphatic carbocycles. The van der Waals surface area contributed by atoms with Crippen molar-refractivity contribution in [1.29, 1.82) is 0 Å². The lowest BCUT2D eigenvalue weighted by Crippen LogP contribution is -2.43. The number of amides is 1. The molecule has 4 nitrogen and oxygen atoms in total. The van der Waals surface area contributed by atoms with E-state index in [1.807, 2.05) is 11.0 Å². The monoisotopic (exact) mass is 299 g/mol. The molecule has 1 spiro atoms. The molecule has 0 bridgehead atoms. The lowest BCUT2D eigenvalue weighted by Gasteiger charge is -2.27. The van der Waals surface area contributed by atoms with Crippen LogP contribution in [0.1, 0.15) is 25.3 Å². The van der Waals surface area contributed by atoms with Crippen LogP contribution < -0.4 is 10.2 Å². The summed E-state index contributed by atoms with van der Waals surface area (Å²) in [5.41, 5.74) is 2.87. The highest BCUT2D eigenvalue weighted by Gasteiger charge is 2.41. The molecule has 3 aliphatic heterocycles. The number of fused-ring (bicyclic) bond motifs is 1. The summed E-state index contributed by atoms with van der Waals surface area (Å²) in [5.74, 6) is 0.264. The van der Waals surface area contributed by atoms with E-state index in [1.54, 1.807) is 0 Å². The average Bonchev–Trinajstić information content (AvgIpc) is 3.19. The Morgan fingerprint density at radius 2 is 2.23 bits per heavy atom. The van der Waals surface area contributed by atoms with Crippen molar-refractivity contribution < 1.29 is 4.79 Å². The van der Waals surface area contributed by atoms with Gasteiger partial charge in [-0.15, -0.1) is 0 Å². The highest BCUT2D eigenvalue weighted by Crippen LogP contribution is 2.36. The number of para-hydroxylation sites is 1. The molecule has 0 radical (unpaired) electrons. The molecule has 3 heterocycles. The van der Waals surface area contributed by atoms with Gasteiger partial charge in [-0.2, -0.15) is 0 Å². The Balaban J connectivity index is 1.45. The molecule has 0 aromatic heterocycles. The van der Waals surface area contributed by atoms with E-state index in [0.29, 0.717) is 12.0 Å². The second kappa shape index (κ2) is 5.36. The zero-order chi connectivity index (χ0) is 15.2. The summed E-state index contributed by atoms with van der Waals surface area (Å²) in [5, 5.41) is 3.48. The zero-order valence-corrected chi connectivity index (χ0v) is 13.3. The summed E-state index contributed by atoms with van der Waals surface area (Å²) in [6, 6.07) is 8.62. The lowest BCUT2D eigenvalue weighted by molar-refractivity contribution is -0.119. The number of carbonyl (C=O) groups is 1. The first kappa shape index (κ1) is 14.2. The van der Waals surface area contributed by atoms with Gasteiger partial charge in [0.25, 0.3) is 0 Å². The summed E-state index contributed by atoms with van der Waals surface area (Å²) in [7, 11) is 0. The number of nitrogens with zero attached hydrogens (tertiary/aromatic N) is 2. The fourth-order valence-corrected chi connectivity index (χ4v) is 4.52. The zero-order valence-electron chi connectivity index (χ0n) is 13.3. The molecule has 4 heteroatoms. The maximum absolute atomic E-state index is 12.8. The van der Waals surface area contributed by atoms with Crippen molar-refractivity contribution in [2.45, 2.75) is 32.2 Å². The minimum atomic E-state index is 0.264. The van der Waals surface area contributed by atoms with Gasteiger partial charge in [-0.3, -0.25) is 9.69 Å². The van der Waals surface area contributed by atoms with Crippen molar-refractivity contribution >= 4 is 11.6 Å². The minimum Gasteiger partial charge on any atom is -0.316 e. The van der Waals surface area contributed by atoms with Gasteiger partial charge >= 0.3 is 0 Å². The molecule has 1 aromatic rings. The van der Waals surface area contributed by atoms with Gasteiger partial charge in [-0.1, -0.05) is 18.2 Å². The van der Waals surface area contributed by atoms with Crippen LogP contribution >= 0.6 is 0 Å². The average molecular weight is 299 g/mol. The number of anilines is 1. The smallest absolute Gasteiger partial charge is 0.241 e. The van der Waals surface area contributed by atoms with Crippen LogP contribution in [0.3, 0.4) is 0 Å². The van der Waals surface area contributed by atoms with Gasteiger partial charge in [-0.05, 0) is 56.3 Å². The highest BCUT2D eigenvalue weighted by atomic mass is 16.2. The predicted octanol–water partition coefficient (Wildman–Crippen LogP) is 1.65. The molecule has 0 saturated carbocycles. The molecule has 1 aromatic carbocycles. The summed E-state index contributed by atoms with van der Waals surface area (Å²) in [4.78, 5) is 17.2. The number of likely N-dealkylation sites (tertiary alicyclic amines) is 1. The van der Waals surface area contributed by atoms with E-state index in [9.17, 15) is 4.79 Å². The molecular weight excluding hydrogens is 274 g/mol. The van der Waals surface area contributed by atoms with Gasteiger partial charge in [-0.25, -0.2) is 0 Å². The number of carbonyl (C=O) groups excluding carboxylic acids is 1. The van der Waals surface area contributed by atoms with Crippen LogP contribution in [0.15, 0.2) is 24.3 Å². The molecule has 1 N–H and O–H groups in total. The van der Waals surface area contributed by atoms with Gasteiger partial charge in [0.05, 0.1) is 6.54 Å². The van der Waals surface area contributed by atoms with Crippen LogP contribution in [0.5, 0.6) is 0 Å². The predicted molar refractivity (Wildman–Crippen MR) is 88.1 cm³/mol. The number of hydrogen-bond acceptors (Lipinski definition) is 3. The molecule has 118 valence electrons. The summed E-state index contributed by atoms with van der Waals surface area (Å²) in [6.07, 6.45) is 3.48. The maximum atomic E-state index is 12.8. The Morgan fingerprint density at radius 1 is 1.36 bits per heavy atom. The first-order valence-electron chi connectivity index (χ1n) is 8.50. The van der Waals surface area contributed by atoms with Crippen LogP contribution in [0.2, 0.25) is 0 Å². The topological polar surface area (TPSA) is 35.6 Å². The van der Waals surface area contributed by atoms with Gasteiger partial charge in [0, 0.05) is 24.8 Å². The van der Waals surface area contributed by atoms with Crippen LogP contribution in [0.4, 0.5) is 5.69 Å². The van der Waals surface area contributed by atoms with Crippen molar-refractivity contribution in [3.8, 4) is 0 Å². The Morgan fingerprint density at radius 3 is 3.05 bits per heavy atom. The highest BCUT2D eigenvalue weighted by molar-refractivity contribution is 5.97. The third-order valence-corrected chi connectivity index (χ3v) is 5.68. The van der Waals surface area contributed by atoms with Crippen LogP contribution in [0, 0.1) is 5.41 Å². The minimum absolute atomic E-state index is 0.264. The summed E-state index contributed by atoms with van der Waals surface area (Å²) >= 11 is 0. The largest absolute Gasteiger partial charge is 0.316 e.